The molecule has 3 heterocycles. The Morgan fingerprint density at radius 1 is 1.11 bits per heavy atom. The van der Waals surface area contributed by atoms with Crippen molar-refractivity contribution in [2.45, 2.75) is 45.1 Å². The molecule has 146 valence electrons. The van der Waals surface area contributed by atoms with Crippen LogP contribution in [0.5, 0.6) is 0 Å². The highest BCUT2D eigenvalue weighted by Gasteiger charge is 2.35. The van der Waals surface area contributed by atoms with Gasteiger partial charge in [-0.05, 0) is 36.9 Å². The third-order valence-electron chi connectivity index (χ3n) is 6.40. The fraction of sp³-hybridized carbons (Fsp3) is 0.619. The first-order chi connectivity index (χ1) is 13.2. The molecule has 1 aliphatic carbocycles. The van der Waals surface area contributed by atoms with Gasteiger partial charge in [0, 0.05) is 51.5 Å². The maximum Gasteiger partial charge on any atom is 0.223 e. The van der Waals surface area contributed by atoms with E-state index in [1.54, 1.807) is 0 Å². The number of hydrogen-bond acceptors (Lipinski definition) is 4. The van der Waals surface area contributed by atoms with E-state index in [0.717, 1.165) is 56.9 Å². The lowest BCUT2D eigenvalue weighted by atomic mass is 9.71. The summed E-state index contributed by atoms with van der Waals surface area (Å²) in [5.41, 5.74) is 8.20. The van der Waals surface area contributed by atoms with E-state index < -0.39 is 0 Å². The van der Waals surface area contributed by atoms with E-state index in [4.69, 9.17) is 5.73 Å². The largest absolute Gasteiger partial charge is 0.340 e. The van der Waals surface area contributed by atoms with E-state index in [-0.39, 0.29) is 5.41 Å². The van der Waals surface area contributed by atoms with Gasteiger partial charge in [0.05, 0.1) is 5.69 Å². The van der Waals surface area contributed by atoms with E-state index in [9.17, 15) is 4.79 Å². The molecule has 4 rings (SSSR count). The monoisotopic (exact) mass is 369 g/mol. The Bertz CT molecular complexity index is 739. The summed E-state index contributed by atoms with van der Waals surface area (Å²) in [5, 5.41) is 0. The van der Waals surface area contributed by atoms with Gasteiger partial charge in [-0.1, -0.05) is 25.3 Å². The van der Waals surface area contributed by atoms with Crippen molar-refractivity contribution in [3.8, 4) is 0 Å². The molecule has 0 unspecified atom stereocenters. The Hall–Kier alpha value is -1.92. The molecule has 0 aromatic carbocycles. The highest BCUT2D eigenvalue weighted by atomic mass is 16.2. The standard InChI is InChI=1S/C21H31N5O/c22-17-21(7-3-1-4-8-21)14-20(27)25-12-10-24(11-13-25)15-18-16-26-9-5-2-6-19(26)23-18/h2,5-6,9,16H,1,3-4,7-8,10-15,17,22H2. The molecular formula is C21H31N5O. The third-order valence-corrected chi connectivity index (χ3v) is 6.40. The lowest BCUT2D eigenvalue weighted by Crippen LogP contribution is -2.50. The van der Waals surface area contributed by atoms with Crippen LogP contribution in [-0.2, 0) is 11.3 Å². The van der Waals surface area contributed by atoms with Crippen LogP contribution in [0.25, 0.3) is 5.65 Å². The Labute approximate surface area is 161 Å². The molecule has 1 aliphatic heterocycles. The van der Waals surface area contributed by atoms with Crippen LogP contribution in [0.1, 0.15) is 44.2 Å². The fourth-order valence-corrected chi connectivity index (χ4v) is 4.64. The Balaban J connectivity index is 1.29. The Morgan fingerprint density at radius 2 is 1.89 bits per heavy atom. The lowest BCUT2D eigenvalue weighted by Gasteiger charge is -2.39. The second-order valence-corrected chi connectivity index (χ2v) is 8.30. The number of carbonyl (C=O) groups is 1. The van der Waals surface area contributed by atoms with Crippen LogP contribution in [-0.4, -0.2) is 57.8 Å². The predicted octanol–water partition coefficient (Wildman–Crippen LogP) is 2.28. The lowest BCUT2D eigenvalue weighted by molar-refractivity contribution is -0.136. The van der Waals surface area contributed by atoms with Crippen LogP contribution in [0.4, 0.5) is 0 Å². The predicted molar refractivity (Wildman–Crippen MR) is 106 cm³/mol. The molecule has 0 radical (unpaired) electrons. The third kappa shape index (κ3) is 4.17. The molecule has 2 aliphatic rings. The van der Waals surface area contributed by atoms with Crippen LogP contribution in [0.15, 0.2) is 30.6 Å². The number of nitrogens with two attached hydrogens (primary N) is 1. The van der Waals surface area contributed by atoms with Crippen LogP contribution in [0, 0.1) is 5.41 Å². The van der Waals surface area contributed by atoms with Crippen LogP contribution >= 0.6 is 0 Å². The number of nitrogens with zero attached hydrogens (tertiary/aromatic N) is 4. The van der Waals surface area contributed by atoms with Gasteiger partial charge in [-0.3, -0.25) is 9.69 Å². The second kappa shape index (κ2) is 7.98. The summed E-state index contributed by atoms with van der Waals surface area (Å²) in [5.74, 6) is 0.301. The maximum atomic E-state index is 12.8. The number of piperazine rings is 1. The summed E-state index contributed by atoms with van der Waals surface area (Å²) in [4.78, 5) is 22.0. The van der Waals surface area contributed by atoms with E-state index in [2.05, 4.69) is 20.5 Å². The normalized spacial score (nSPS) is 20.9. The summed E-state index contributed by atoms with van der Waals surface area (Å²) < 4.78 is 2.06. The van der Waals surface area contributed by atoms with Crippen molar-refractivity contribution in [2.75, 3.05) is 32.7 Å². The number of aromatic nitrogens is 2. The zero-order valence-corrected chi connectivity index (χ0v) is 16.1. The Kier molecular flexibility index (Phi) is 5.45. The average Bonchev–Trinajstić information content (AvgIpc) is 3.11. The first-order valence-electron chi connectivity index (χ1n) is 10.3. The smallest absolute Gasteiger partial charge is 0.223 e. The number of carbonyl (C=O) groups excluding carboxylic acids is 1. The van der Waals surface area contributed by atoms with Crippen LogP contribution in [0.3, 0.4) is 0 Å². The summed E-state index contributed by atoms with van der Waals surface area (Å²) in [7, 11) is 0. The highest BCUT2D eigenvalue weighted by molar-refractivity contribution is 5.77. The van der Waals surface area contributed by atoms with Gasteiger partial charge in [0.25, 0.3) is 0 Å². The molecule has 2 N–H and O–H groups in total. The molecule has 2 fully saturated rings. The molecule has 2 aromatic heterocycles. The minimum Gasteiger partial charge on any atom is -0.340 e. The van der Waals surface area contributed by atoms with Crippen molar-refractivity contribution in [3.63, 3.8) is 0 Å². The molecule has 1 amide bonds. The summed E-state index contributed by atoms with van der Waals surface area (Å²) in [6, 6.07) is 6.05. The summed E-state index contributed by atoms with van der Waals surface area (Å²) in [6.07, 6.45) is 10.7. The van der Waals surface area contributed by atoms with Gasteiger partial charge in [0.2, 0.25) is 5.91 Å². The topological polar surface area (TPSA) is 66.9 Å². The van der Waals surface area contributed by atoms with Gasteiger partial charge in [-0.2, -0.15) is 0 Å². The molecule has 1 saturated heterocycles. The second-order valence-electron chi connectivity index (χ2n) is 8.30. The van der Waals surface area contributed by atoms with E-state index in [1.165, 1.54) is 19.3 Å². The van der Waals surface area contributed by atoms with Gasteiger partial charge in [0.15, 0.2) is 0 Å². The van der Waals surface area contributed by atoms with Gasteiger partial charge in [-0.15, -0.1) is 0 Å². The van der Waals surface area contributed by atoms with Gasteiger partial charge >= 0.3 is 0 Å². The summed E-state index contributed by atoms with van der Waals surface area (Å²) >= 11 is 0. The van der Waals surface area contributed by atoms with Crippen molar-refractivity contribution in [1.29, 1.82) is 0 Å². The van der Waals surface area contributed by atoms with Gasteiger partial charge in [0.1, 0.15) is 5.65 Å². The highest BCUT2D eigenvalue weighted by Crippen LogP contribution is 2.38. The fourth-order valence-electron chi connectivity index (χ4n) is 4.64. The molecule has 0 spiro atoms. The molecule has 1 saturated carbocycles. The number of amides is 1. The minimum atomic E-state index is 0.0585. The van der Waals surface area contributed by atoms with Crippen molar-refractivity contribution < 1.29 is 4.79 Å². The number of rotatable bonds is 5. The van der Waals surface area contributed by atoms with Crippen molar-refractivity contribution in [2.24, 2.45) is 11.1 Å². The molecule has 27 heavy (non-hydrogen) atoms. The SMILES string of the molecule is NCC1(CC(=O)N2CCN(Cc3cn4ccccc4n3)CC2)CCCCC1. The number of hydrogen-bond donors (Lipinski definition) is 1. The first-order valence-corrected chi connectivity index (χ1v) is 10.3. The minimum absolute atomic E-state index is 0.0585. The van der Waals surface area contributed by atoms with Crippen molar-refractivity contribution >= 4 is 11.6 Å². The maximum absolute atomic E-state index is 12.8. The van der Waals surface area contributed by atoms with Gasteiger partial charge in [-0.25, -0.2) is 4.98 Å². The quantitative estimate of drug-likeness (QED) is 0.878. The zero-order chi connectivity index (χ0) is 18.7. The average molecular weight is 370 g/mol. The Morgan fingerprint density at radius 3 is 2.59 bits per heavy atom. The molecule has 2 aromatic rings. The van der Waals surface area contributed by atoms with Gasteiger partial charge < -0.3 is 15.0 Å². The van der Waals surface area contributed by atoms with Crippen LogP contribution < -0.4 is 5.73 Å². The molecule has 6 heteroatoms. The van der Waals surface area contributed by atoms with E-state index >= 15 is 0 Å². The molecule has 6 nitrogen and oxygen atoms in total. The number of pyridine rings is 1. The van der Waals surface area contributed by atoms with E-state index in [0.29, 0.717) is 18.9 Å². The van der Waals surface area contributed by atoms with E-state index in [1.807, 2.05) is 29.3 Å². The molecule has 0 bridgehead atoms. The molecule has 0 atom stereocenters. The number of imidazole rings is 1. The zero-order valence-electron chi connectivity index (χ0n) is 16.1. The van der Waals surface area contributed by atoms with Crippen LogP contribution in [0.2, 0.25) is 0 Å². The van der Waals surface area contributed by atoms with Crippen molar-refractivity contribution in [3.05, 3.63) is 36.3 Å². The van der Waals surface area contributed by atoms with Crippen molar-refractivity contribution in [1.82, 2.24) is 19.2 Å². The first kappa shape index (κ1) is 18.4. The number of fused-ring (bicyclic) bond motifs is 1. The summed E-state index contributed by atoms with van der Waals surface area (Å²) in [6.45, 7) is 4.94. The molecular weight excluding hydrogens is 338 g/mol.